The molecule has 1 aromatic carbocycles. The molecule has 0 N–H and O–H groups in total. The van der Waals surface area contributed by atoms with Gasteiger partial charge in [0.2, 0.25) is 17.7 Å². The van der Waals surface area contributed by atoms with E-state index < -0.39 is 0 Å². The third kappa shape index (κ3) is 3.83. The van der Waals surface area contributed by atoms with E-state index in [4.69, 9.17) is 16.3 Å². The Balaban J connectivity index is 1.51. The van der Waals surface area contributed by atoms with Gasteiger partial charge < -0.3 is 19.4 Å². The average molecular weight is 380 g/mol. The molecule has 1 aromatic rings. The fourth-order valence-corrected chi connectivity index (χ4v) is 3.31. The van der Waals surface area contributed by atoms with E-state index in [0.29, 0.717) is 30.3 Å². The minimum atomic E-state index is -0.372. The molecule has 0 aromatic heterocycles. The van der Waals surface area contributed by atoms with Crippen LogP contribution in [-0.4, -0.2) is 74.0 Å². The molecule has 3 amide bonds. The molecular weight excluding hydrogens is 358 g/mol. The lowest BCUT2D eigenvalue weighted by molar-refractivity contribution is -0.153. The Morgan fingerprint density at radius 1 is 1.23 bits per heavy atom. The molecule has 2 aliphatic rings. The van der Waals surface area contributed by atoms with Crippen molar-refractivity contribution in [2.45, 2.75) is 12.5 Å². The van der Waals surface area contributed by atoms with Gasteiger partial charge in [0.25, 0.3) is 0 Å². The maximum Gasteiger partial charge on any atom is 0.248 e. The summed E-state index contributed by atoms with van der Waals surface area (Å²) in [5, 5.41) is 0.497. The van der Waals surface area contributed by atoms with Crippen LogP contribution in [0.15, 0.2) is 24.3 Å². The molecule has 0 bridgehead atoms. The van der Waals surface area contributed by atoms with Gasteiger partial charge in [-0.2, -0.15) is 0 Å². The van der Waals surface area contributed by atoms with Crippen molar-refractivity contribution in [2.75, 3.05) is 45.2 Å². The van der Waals surface area contributed by atoms with Crippen LogP contribution in [0.4, 0.5) is 5.69 Å². The molecule has 1 atom stereocenters. The quantitative estimate of drug-likeness (QED) is 0.765. The van der Waals surface area contributed by atoms with Crippen molar-refractivity contribution in [1.82, 2.24) is 9.80 Å². The Hall–Kier alpha value is -2.12. The number of amides is 3. The normalized spacial score (nSPS) is 20.3. The first-order chi connectivity index (χ1) is 12.4. The number of hydrogen-bond acceptors (Lipinski definition) is 4. The van der Waals surface area contributed by atoms with E-state index >= 15 is 0 Å². The summed E-state index contributed by atoms with van der Waals surface area (Å²) in [5.41, 5.74) is 0.640. The Kier molecular flexibility index (Phi) is 5.48. The molecule has 2 aliphatic heterocycles. The van der Waals surface area contributed by atoms with Gasteiger partial charge in [0, 0.05) is 40.2 Å². The molecule has 8 heteroatoms. The zero-order valence-corrected chi connectivity index (χ0v) is 15.6. The number of hydrogen-bond donors (Lipinski definition) is 0. The fourth-order valence-electron chi connectivity index (χ4n) is 3.08. The average Bonchev–Trinajstić information content (AvgIpc) is 2.95. The van der Waals surface area contributed by atoms with Gasteiger partial charge in [-0.25, -0.2) is 0 Å². The Bertz CT molecular complexity index is 718. The topological polar surface area (TPSA) is 70.2 Å². The number of nitrogens with zero attached hydrogens (tertiary/aromatic N) is 3. The van der Waals surface area contributed by atoms with Crippen LogP contribution < -0.4 is 4.90 Å². The summed E-state index contributed by atoms with van der Waals surface area (Å²) in [6.45, 7) is 1.26. The van der Waals surface area contributed by atoms with Crippen molar-refractivity contribution in [3.05, 3.63) is 29.3 Å². The lowest BCUT2D eigenvalue weighted by Gasteiger charge is -2.40. The fraction of sp³-hybridized carbons (Fsp3) is 0.500. The highest BCUT2D eigenvalue weighted by atomic mass is 35.5. The maximum absolute atomic E-state index is 12.6. The van der Waals surface area contributed by atoms with Crippen LogP contribution in [0, 0.1) is 5.92 Å². The molecule has 140 valence electrons. The Labute approximate surface area is 157 Å². The van der Waals surface area contributed by atoms with E-state index in [9.17, 15) is 14.4 Å². The van der Waals surface area contributed by atoms with Gasteiger partial charge in [0.15, 0.2) is 0 Å². The third-order valence-corrected chi connectivity index (χ3v) is 5.04. The minimum absolute atomic E-state index is 0.0158. The van der Waals surface area contributed by atoms with Crippen LogP contribution in [-0.2, 0) is 19.1 Å². The molecule has 0 aliphatic carbocycles. The monoisotopic (exact) mass is 379 g/mol. The summed E-state index contributed by atoms with van der Waals surface area (Å²) in [6, 6.07) is 7.13. The van der Waals surface area contributed by atoms with Crippen molar-refractivity contribution in [1.29, 1.82) is 0 Å². The standard InChI is InChI=1S/C18H22ClN3O4/c1-20(2)17(24)11-26-13-9-21(10-13)18(25)12-7-16(23)22(8-12)15-6-4-3-5-14(15)19/h3-6,12-13H,7-11H2,1-2H3/t12-/m0/s1. The SMILES string of the molecule is CN(C)C(=O)COC1CN(C(=O)[C@H]2CC(=O)N(c3ccccc3Cl)C2)C1. The lowest BCUT2D eigenvalue weighted by atomic mass is 10.0. The number of carbonyl (C=O) groups is 3. The smallest absolute Gasteiger partial charge is 0.248 e. The highest BCUT2D eigenvalue weighted by Gasteiger charge is 2.41. The van der Waals surface area contributed by atoms with Gasteiger partial charge in [-0.05, 0) is 12.1 Å². The summed E-state index contributed by atoms with van der Waals surface area (Å²) >= 11 is 6.16. The minimum Gasteiger partial charge on any atom is -0.365 e. The summed E-state index contributed by atoms with van der Waals surface area (Å²) in [5.74, 6) is -0.622. The second-order valence-electron chi connectivity index (χ2n) is 6.82. The first kappa shape index (κ1) is 18.7. The molecule has 2 fully saturated rings. The van der Waals surface area contributed by atoms with E-state index in [1.807, 2.05) is 6.07 Å². The summed E-state index contributed by atoms with van der Waals surface area (Å²) in [4.78, 5) is 41.2. The molecule has 2 heterocycles. The van der Waals surface area contributed by atoms with Gasteiger partial charge in [-0.1, -0.05) is 23.7 Å². The van der Waals surface area contributed by atoms with Gasteiger partial charge >= 0.3 is 0 Å². The van der Waals surface area contributed by atoms with E-state index in [0.717, 1.165) is 0 Å². The number of likely N-dealkylation sites (N-methyl/N-ethyl adjacent to an activating group) is 1. The number of halogens is 1. The van der Waals surface area contributed by atoms with Crippen molar-refractivity contribution in [3.63, 3.8) is 0 Å². The van der Waals surface area contributed by atoms with Crippen molar-refractivity contribution >= 4 is 35.0 Å². The number of benzene rings is 1. The molecule has 0 spiro atoms. The number of likely N-dealkylation sites (tertiary alicyclic amines) is 1. The summed E-state index contributed by atoms with van der Waals surface area (Å²) < 4.78 is 5.49. The first-order valence-electron chi connectivity index (χ1n) is 8.52. The highest BCUT2D eigenvalue weighted by Crippen LogP contribution is 2.32. The molecule has 7 nitrogen and oxygen atoms in total. The first-order valence-corrected chi connectivity index (χ1v) is 8.90. The molecule has 26 heavy (non-hydrogen) atoms. The maximum atomic E-state index is 12.6. The summed E-state index contributed by atoms with van der Waals surface area (Å²) in [7, 11) is 3.34. The predicted octanol–water partition coefficient (Wildman–Crippen LogP) is 1.01. The van der Waals surface area contributed by atoms with Crippen LogP contribution >= 0.6 is 11.6 Å². The Morgan fingerprint density at radius 3 is 2.58 bits per heavy atom. The third-order valence-electron chi connectivity index (χ3n) is 4.72. The molecular formula is C18H22ClN3O4. The van der Waals surface area contributed by atoms with E-state index in [-0.39, 0.29) is 42.8 Å². The van der Waals surface area contributed by atoms with Crippen LogP contribution in [0.25, 0.3) is 0 Å². The molecule has 3 rings (SSSR count). The van der Waals surface area contributed by atoms with Crippen molar-refractivity contribution < 1.29 is 19.1 Å². The van der Waals surface area contributed by atoms with Gasteiger partial charge in [-0.15, -0.1) is 0 Å². The Morgan fingerprint density at radius 2 is 1.92 bits per heavy atom. The second kappa shape index (κ2) is 7.63. The van der Waals surface area contributed by atoms with E-state index in [1.54, 1.807) is 42.1 Å². The van der Waals surface area contributed by atoms with Crippen LogP contribution in [0.3, 0.4) is 0 Å². The largest absolute Gasteiger partial charge is 0.365 e. The zero-order chi connectivity index (χ0) is 18.8. The number of para-hydroxylation sites is 1. The van der Waals surface area contributed by atoms with Crippen LogP contribution in [0.2, 0.25) is 5.02 Å². The predicted molar refractivity (Wildman–Crippen MR) is 96.9 cm³/mol. The van der Waals surface area contributed by atoms with Crippen molar-refractivity contribution in [3.8, 4) is 0 Å². The molecule has 0 saturated carbocycles. The number of rotatable bonds is 5. The van der Waals surface area contributed by atoms with Gasteiger partial charge in [0.1, 0.15) is 6.61 Å². The lowest BCUT2D eigenvalue weighted by Crippen LogP contribution is -2.57. The molecule has 0 unspecified atom stereocenters. The molecule has 0 radical (unpaired) electrons. The van der Waals surface area contributed by atoms with Gasteiger partial charge in [-0.3, -0.25) is 14.4 Å². The number of carbonyl (C=O) groups excluding carboxylic acids is 3. The highest BCUT2D eigenvalue weighted by molar-refractivity contribution is 6.33. The second-order valence-corrected chi connectivity index (χ2v) is 7.23. The van der Waals surface area contributed by atoms with E-state index in [1.165, 1.54) is 4.90 Å². The van der Waals surface area contributed by atoms with E-state index in [2.05, 4.69) is 0 Å². The molecule has 2 saturated heterocycles. The van der Waals surface area contributed by atoms with Crippen LogP contribution in [0.5, 0.6) is 0 Å². The van der Waals surface area contributed by atoms with Gasteiger partial charge in [0.05, 0.1) is 22.7 Å². The van der Waals surface area contributed by atoms with Crippen LogP contribution in [0.1, 0.15) is 6.42 Å². The number of anilines is 1. The van der Waals surface area contributed by atoms with Crippen molar-refractivity contribution in [2.24, 2.45) is 5.92 Å². The summed E-state index contributed by atoms with van der Waals surface area (Å²) in [6.07, 6.45) is 0.0604. The zero-order valence-electron chi connectivity index (χ0n) is 14.9. The number of ether oxygens (including phenoxy) is 1.